The van der Waals surface area contributed by atoms with Crippen LogP contribution >= 0.6 is 0 Å². The van der Waals surface area contributed by atoms with Gasteiger partial charge >= 0.3 is 0 Å². The highest BCUT2D eigenvalue weighted by atomic mass is 16.5. The van der Waals surface area contributed by atoms with Crippen LogP contribution in [0.2, 0.25) is 0 Å². The second-order valence-corrected chi connectivity index (χ2v) is 9.48. The normalized spacial score (nSPS) is 23.2. The van der Waals surface area contributed by atoms with Crippen LogP contribution in [0.25, 0.3) is 0 Å². The number of nitriles is 1. The summed E-state index contributed by atoms with van der Waals surface area (Å²) in [5, 5.41) is 17.5. The molecule has 1 fully saturated rings. The molecule has 1 aromatic carbocycles. The molecule has 31 heavy (non-hydrogen) atoms. The topological polar surface area (TPSA) is 112 Å². The molecule has 0 unspecified atom stereocenters. The summed E-state index contributed by atoms with van der Waals surface area (Å²) in [6.07, 6.45) is 2.63. The van der Waals surface area contributed by atoms with Crippen LogP contribution in [0.15, 0.2) is 18.2 Å². The first-order valence-corrected chi connectivity index (χ1v) is 11.0. The van der Waals surface area contributed by atoms with E-state index in [-0.39, 0.29) is 35.2 Å². The van der Waals surface area contributed by atoms with Gasteiger partial charge in [0.15, 0.2) is 5.96 Å². The lowest BCUT2D eigenvalue weighted by molar-refractivity contribution is -0.140. The number of guanidine groups is 1. The van der Waals surface area contributed by atoms with Crippen molar-refractivity contribution in [1.82, 2.24) is 4.90 Å². The molecule has 0 bridgehead atoms. The molecule has 0 aromatic heterocycles. The molecule has 1 amide bonds. The zero-order valence-electron chi connectivity index (χ0n) is 19.0. The number of hydrogen-bond donors (Lipinski definition) is 2. The molecule has 0 spiro atoms. The Morgan fingerprint density at radius 2 is 2.19 bits per heavy atom. The van der Waals surface area contributed by atoms with Gasteiger partial charge in [-0.15, -0.1) is 0 Å². The summed E-state index contributed by atoms with van der Waals surface area (Å²) >= 11 is 0. The molecule has 4 atom stereocenters. The number of ether oxygens (including phenoxy) is 2. The zero-order valence-corrected chi connectivity index (χ0v) is 19.0. The van der Waals surface area contributed by atoms with Crippen LogP contribution < -0.4 is 5.73 Å². The molecule has 1 saturated heterocycles. The number of methoxy groups -OCH3 is 1. The lowest BCUT2D eigenvalue weighted by Gasteiger charge is -2.42. The van der Waals surface area contributed by atoms with Crippen molar-refractivity contribution in [1.29, 1.82) is 10.7 Å². The number of nitrogens with zero attached hydrogens (tertiary/aromatic N) is 2. The van der Waals surface area contributed by atoms with Crippen molar-refractivity contribution in [2.24, 2.45) is 23.0 Å². The van der Waals surface area contributed by atoms with E-state index in [0.29, 0.717) is 25.3 Å². The third-order valence-electron chi connectivity index (χ3n) is 6.84. The Kier molecular flexibility index (Phi) is 7.03. The fraction of sp³-hybridized carbons (Fsp3) is 0.625. The van der Waals surface area contributed by atoms with Crippen LogP contribution in [0.5, 0.6) is 0 Å². The Labute approximate surface area is 185 Å². The summed E-state index contributed by atoms with van der Waals surface area (Å²) in [7, 11) is 1.73. The number of carbonyl (C=O) groups is 1. The van der Waals surface area contributed by atoms with Crippen LogP contribution in [-0.2, 0) is 20.7 Å². The van der Waals surface area contributed by atoms with Gasteiger partial charge in [0.05, 0.1) is 36.9 Å². The van der Waals surface area contributed by atoms with Gasteiger partial charge in [0.25, 0.3) is 0 Å². The van der Waals surface area contributed by atoms with Crippen molar-refractivity contribution in [3.63, 3.8) is 0 Å². The maximum Gasteiger partial charge on any atom is 0.237 e. The predicted molar refractivity (Wildman–Crippen MR) is 119 cm³/mol. The Bertz CT molecular complexity index is 870. The molecule has 0 saturated carbocycles. The highest BCUT2D eigenvalue weighted by Crippen LogP contribution is 2.44. The van der Waals surface area contributed by atoms with E-state index in [1.165, 1.54) is 4.90 Å². The second-order valence-electron chi connectivity index (χ2n) is 9.48. The van der Waals surface area contributed by atoms with Crippen LogP contribution in [0.4, 0.5) is 0 Å². The van der Waals surface area contributed by atoms with Gasteiger partial charge in [-0.05, 0) is 54.4 Å². The molecule has 1 aliphatic heterocycles. The molecule has 3 N–H and O–H groups in total. The fourth-order valence-corrected chi connectivity index (χ4v) is 5.15. The minimum atomic E-state index is -0.423. The van der Waals surface area contributed by atoms with Gasteiger partial charge in [0.1, 0.15) is 0 Å². The summed E-state index contributed by atoms with van der Waals surface area (Å²) in [6.45, 7) is 7.78. The van der Waals surface area contributed by atoms with E-state index in [1.54, 1.807) is 7.11 Å². The maximum atomic E-state index is 13.8. The SMILES string of the molecule is CC[C@H](OC)[C@@H](C)C[C@H]1Cc2ccc(C#N)cc2[C@H]1C(=O)N(CC1(C)COC1)C(=N)N. The van der Waals surface area contributed by atoms with Gasteiger partial charge in [-0.25, -0.2) is 0 Å². The molecule has 7 nitrogen and oxygen atoms in total. The summed E-state index contributed by atoms with van der Waals surface area (Å²) in [5.74, 6) is -0.463. The Hall–Kier alpha value is -2.43. The van der Waals surface area contributed by atoms with Crippen LogP contribution in [-0.4, -0.2) is 49.7 Å². The molecule has 0 radical (unpaired) electrons. The fourth-order valence-electron chi connectivity index (χ4n) is 5.15. The van der Waals surface area contributed by atoms with Crippen molar-refractivity contribution in [2.45, 2.75) is 52.1 Å². The largest absolute Gasteiger partial charge is 0.381 e. The van der Waals surface area contributed by atoms with Crippen LogP contribution in [0.3, 0.4) is 0 Å². The Morgan fingerprint density at radius 1 is 1.48 bits per heavy atom. The lowest BCUT2D eigenvalue weighted by Crippen LogP contribution is -2.55. The van der Waals surface area contributed by atoms with E-state index in [4.69, 9.17) is 20.6 Å². The van der Waals surface area contributed by atoms with Crippen molar-refractivity contribution in [2.75, 3.05) is 26.9 Å². The summed E-state index contributed by atoms with van der Waals surface area (Å²) in [4.78, 5) is 15.2. The first kappa shape index (κ1) is 23.2. The van der Waals surface area contributed by atoms with Crippen LogP contribution in [0, 0.1) is 34.0 Å². The number of nitrogens with one attached hydrogen (secondary N) is 1. The van der Waals surface area contributed by atoms with Gasteiger partial charge in [0, 0.05) is 19.1 Å². The molecule has 1 heterocycles. The van der Waals surface area contributed by atoms with E-state index >= 15 is 0 Å². The summed E-state index contributed by atoms with van der Waals surface area (Å²) < 4.78 is 11.0. The van der Waals surface area contributed by atoms with Gasteiger partial charge in [0.2, 0.25) is 5.91 Å². The third-order valence-corrected chi connectivity index (χ3v) is 6.84. The van der Waals surface area contributed by atoms with E-state index in [1.807, 2.05) is 25.1 Å². The van der Waals surface area contributed by atoms with E-state index in [2.05, 4.69) is 19.9 Å². The van der Waals surface area contributed by atoms with Crippen molar-refractivity contribution in [3.05, 3.63) is 34.9 Å². The summed E-state index contributed by atoms with van der Waals surface area (Å²) in [5.41, 5.74) is 8.23. The minimum absolute atomic E-state index is 0.0722. The average Bonchev–Trinajstić information content (AvgIpc) is 3.07. The van der Waals surface area contributed by atoms with E-state index in [9.17, 15) is 10.1 Å². The molecule has 1 aliphatic carbocycles. The lowest BCUT2D eigenvalue weighted by atomic mass is 9.81. The molecule has 1 aromatic rings. The van der Waals surface area contributed by atoms with Crippen LogP contribution in [0.1, 0.15) is 56.2 Å². The number of carbonyl (C=O) groups excluding carboxylic acids is 1. The minimum Gasteiger partial charge on any atom is -0.381 e. The van der Waals surface area contributed by atoms with Crippen molar-refractivity contribution < 1.29 is 14.3 Å². The quantitative estimate of drug-likeness (QED) is 0.490. The van der Waals surface area contributed by atoms with Gasteiger partial charge in [-0.2, -0.15) is 5.26 Å². The van der Waals surface area contributed by atoms with Gasteiger partial charge in [-0.1, -0.05) is 26.8 Å². The molecule has 7 heteroatoms. The number of amides is 1. The molecular weight excluding hydrogens is 392 g/mol. The Morgan fingerprint density at radius 3 is 2.71 bits per heavy atom. The zero-order chi connectivity index (χ0) is 22.8. The first-order valence-electron chi connectivity index (χ1n) is 11.0. The van der Waals surface area contributed by atoms with Crippen molar-refractivity contribution in [3.8, 4) is 6.07 Å². The average molecular weight is 427 g/mol. The second kappa shape index (κ2) is 9.37. The third kappa shape index (κ3) is 4.76. The molecule has 3 rings (SSSR count). The summed E-state index contributed by atoms with van der Waals surface area (Å²) in [6, 6.07) is 7.80. The standard InChI is InChI=1S/C24H34N4O3/c1-5-20(30-4)15(2)8-18-10-17-7-6-16(11-25)9-19(17)21(18)22(29)28(23(26)27)12-24(3)13-31-14-24/h6-7,9,15,18,20-21H,5,8,10,12-14H2,1-4H3,(H3,26,27)/t15-,18-,20-,21-/m0/s1. The first-order chi connectivity index (χ1) is 14.7. The van der Waals surface area contributed by atoms with Gasteiger partial charge in [-0.3, -0.25) is 15.1 Å². The number of hydrogen-bond acceptors (Lipinski definition) is 5. The highest BCUT2D eigenvalue weighted by molar-refractivity contribution is 5.99. The molecular formula is C24H34N4O3. The van der Waals surface area contributed by atoms with Gasteiger partial charge < -0.3 is 15.2 Å². The Balaban J connectivity index is 1.93. The predicted octanol–water partition coefficient (Wildman–Crippen LogP) is 3.02. The van der Waals surface area contributed by atoms with E-state index < -0.39 is 5.92 Å². The number of benzene rings is 1. The number of fused-ring (bicyclic) bond motifs is 1. The van der Waals surface area contributed by atoms with E-state index in [0.717, 1.165) is 30.4 Å². The molecule has 2 aliphatic rings. The number of nitrogens with two attached hydrogens (primary N) is 1. The monoisotopic (exact) mass is 426 g/mol. The number of rotatable bonds is 8. The molecule has 168 valence electrons. The smallest absolute Gasteiger partial charge is 0.237 e. The highest BCUT2D eigenvalue weighted by Gasteiger charge is 2.44. The maximum absolute atomic E-state index is 13.8. The van der Waals surface area contributed by atoms with Crippen molar-refractivity contribution >= 4 is 11.9 Å².